The number of benzene rings is 1. The quantitative estimate of drug-likeness (QED) is 0.654. The van der Waals surface area contributed by atoms with Crippen LogP contribution in [0.2, 0.25) is 0 Å². The van der Waals surface area contributed by atoms with E-state index in [2.05, 4.69) is 5.16 Å². The maximum atomic E-state index is 5.99. The second kappa shape index (κ2) is 4.61. The maximum Gasteiger partial charge on any atom is 0.133 e. The summed E-state index contributed by atoms with van der Waals surface area (Å²) >= 11 is 1.68. The van der Waals surface area contributed by atoms with E-state index in [1.165, 1.54) is 0 Å². The molecule has 2 aromatic rings. The lowest BCUT2D eigenvalue weighted by molar-refractivity contribution is 0.393. The van der Waals surface area contributed by atoms with E-state index < -0.39 is 0 Å². The van der Waals surface area contributed by atoms with Crippen molar-refractivity contribution in [2.45, 2.75) is 24.5 Å². The standard InChI is InChI=1S/C12H14N2OS/c1-8-4-3-5-11(12(8)13)16-7-10-6-9(2)15-14-10/h3-6H,7,13H2,1-2H3. The number of thioether (sulfide) groups is 1. The molecule has 0 aliphatic rings. The second-order valence-corrected chi connectivity index (χ2v) is 4.72. The number of nitrogen functional groups attached to an aromatic ring is 1. The Bertz CT molecular complexity index is 494. The summed E-state index contributed by atoms with van der Waals surface area (Å²) in [6.45, 7) is 3.90. The van der Waals surface area contributed by atoms with Crippen molar-refractivity contribution in [1.29, 1.82) is 0 Å². The highest BCUT2D eigenvalue weighted by atomic mass is 32.2. The van der Waals surface area contributed by atoms with Gasteiger partial charge in [-0.05, 0) is 25.5 Å². The fraction of sp³-hybridized carbons (Fsp3) is 0.250. The third kappa shape index (κ3) is 2.39. The van der Waals surface area contributed by atoms with Gasteiger partial charge in [0.25, 0.3) is 0 Å². The van der Waals surface area contributed by atoms with Crippen molar-refractivity contribution < 1.29 is 4.52 Å². The van der Waals surface area contributed by atoms with Crippen molar-refractivity contribution in [2.24, 2.45) is 0 Å². The monoisotopic (exact) mass is 234 g/mol. The molecule has 0 unspecified atom stereocenters. The highest BCUT2D eigenvalue weighted by molar-refractivity contribution is 7.98. The molecule has 0 saturated heterocycles. The Labute approximate surface area is 99.0 Å². The normalized spacial score (nSPS) is 10.6. The summed E-state index contributed by atoms with van der Waals surface area (Å²) in [6.07, 6.45) is 0. The van der Waals surface area contributed by atoms with Crippen LogP contribution in [0.4, 0.5) is 5.69 Å². The van der Waals surface area contributed by atoms with E-state index in [0.717, 1.165) is 33.4 Å². The number of anilines is 1. The molecule has 0 fully saturated rings. The Balaban J connectivity index is 2.07. The highest BCUT2D eigenvalue weighted by Gasteiger charge is 2.05. The van der Waals surface area contributed by atoms with Gasteiger partial charge in [-0.25, -0.2) is 0 Å². The molecule has 3 nitrogen and oxygen atoms in total. The van der Waals surface area contributed by atoms with E-state index in [-0.39, 0.29) is 0 Å². The molecule has 84 valence electrons. The summed E-state index contributed by atoms with van der Waals surface area (Å²) in [5, 5.41) is 3.95. The molecular weight excluding hydrogens is 220 g/mol. The lowest BCUT2D eigenvalue weighted by atomic mass is 10.2. The zero-order valence-corrected chi connectivity index (χ0v) is 10.2. The van der Waals surface area contributed by atoms with E-state index in [1.54, 1.807) is 11.8 Å². The summed E-state index contributed by atoms with van der Waals surface area (Å²) in [7, 11) is 0. The van der Waals surface area contributed by atoms with Crippen LogP contribution in [0.25, 0.3) is 0 Å². The molecule has 0 aliphatic carbocycles. The summed E-state index contributed by atoms with van der Waals surface area (Å²) in [5.74, 6) is 1.62. The number of nitrogens with zero attached hydrogens (tertiary/aromatic N) is 1. The van der Waals surface area contributed by atoms with E-state index in [1.807, 2.05) is 38.1 Å². The van der Waals surface area contributed by atoms with Crippen molar-refractivity contribution in [3.05, 3.63) is 41.3 Å². The van der Waals surface area contributed by atoms with Crippen molar-refractivity contribution >= 4 is 17.4 Å². The molecule has 1 aromatic carbocycles. The third-order valence-electron chi connectivity index (χ3n) is 2.34. The lowest BCUT2D eigenvalue weighted by Gasteiger charge is -2.06. The number of rotatable bonds is 3. The minimum atomic E-state index is 0.783. The number of aromatic nitrogens is 1. The zero-order valence-electron chi connectivity index (χ0n) is 9.36. The fourth-order valence-electron chi connectivity index (χ4n) is 1.42. The molecule has 0 spiro atoms. The number of hydrogen-bond acceptors (Lipinski definition) is 4. The molecule has 0 saturated carbocycles. The van der Waals surface area contributed by atoms with Gasteiger partial charge in [-0.15, -0.1) is 11.8 Å². The van der Waals surface area contributed by atoms with Gasteiger partial charge in [0.15, 0.2) is 0 Å². The lowest BCUT2D eigenvalue weighted by Crippen LogP contribution is -1.92. The fourth-order valence-corrected chi connectivity index (χ4v) is 2.35. The van der Waals surface area contributed by atoms with Crippen LogP contribution < -0.4 is 5.73 Å². The Morgan fingerprint density at radius 1 is 1.38 bits per heavy atom. The molecule has 4 heteroatoms. The van der Waals surface area contributed by atoms with Gasteiger partial charge in [-0.2, -0.15) is 0 Å². The van der Waals surface area contributed by atoms with Gasteiger partial charge in [0.2, 0.25) is 0 Å². The second-order valence-electron chi connectivity index (χ2n) is 3.70. The first kappa shape index (κ1) is 11.1. The maximum absolute atomic E-state index is 5.99. The number of hydrogen-bond donors (Lipinski definition) is 1. The zero-order chi connectivity index (χ0) is 11.5. The van der Waals surface area contributed by atoms with E-state index in [9.17, 15) is 0 Å². The number of aryl methyl sites for hydroxylation is 2. The van der Waals surface area contributed by atoms with Gasteiger partial charge in [0.05, 0.1) is 5.69 Å². The topological polar surface area (TPSA) is 52.0 Å². The summed E-state index contributed by atoms with van der Waals surface area (Å²) < 4.78 is 5.01. The van der Waals surface area contributed by atoms with Crippen molar-refractivity contribution in [2.75, 3.05) is 5.73 Å². The van der Waals surface area contributed by atoms with E-state index in [0.29, 0.717) is 0 Å². The number of para-hydroxylation sites is 1. The van der Waals surface area contributed by atoms with E-state index in [4.69, 9.17) is 10.3 Å². The Morgan fingerprint density at radius 3 is 2.88 bits per heavy atom. The van der Waals surface area contributed by atoms with Crippen LogP contribution in [0.3, 0.4) is 0 Å². The van der Waals surface area contributed by atoms with Gasteiger partial charge < -0.3 is 10.3 Å². The van der Waals surface area contributed by atoms with Gasteiger partial charge in [-0.3, -0.25) is 0 Å². The molecule has 16 heavy (non-hydrogen) atoms. The Morgan fingerprint density at radius 2 is 2.19 bits per heavy atom. The van der Waals surface area contributed by atoms with Crippen molar-refractivity contribution in [3.63, 3.8) is 0 Å². The van der Waals surface area contributed by atoms with Crippen LogP contribution >= 0.6 is 11.8 Å². The first-order valence-electron chi connectivity index (χ1n) is 5.07. The van der Waals surface area contributed by atoms with Crippen LogP contribution in [0.15, 0.2) is 33.7 Å². The molecule has 2 rings (SSSR count). The molecule has 1 heterocycles. The molecule has 0 atom stereocenters. The molecular formula is C12H14N2OS. The predicted molar refractivity (Wildman–Crippen MR) is 66.4 cm³/mol. The van der Waals surface area contributed by atoms with Gasteiger partial charge >= 0.3 is 0 Å². The van der Waals surface area contributed by atoms with Gasteiger partial charge in [0.1, 0.15) is 5.76 Å². The van der Waals surface area contributed by atoms with Crippen LogP contribution in [-0.2, 0) is 5.75 Å². The average Bonchev–Trinajstić information content (AvgIpc) is 2.67. The molecule has 0 amide bonds. The van der Waals surface area contributed by atoms with Crippen LogP contribution in [0.5, 0.6) is 0 Å². The van der Waals surface area contributed by atoms with E-state index >= 15 is 0 Å². The molecule has 0 bridgehead atoms. The summed E-state index contributed by atoms with van der Waals surface area (Å²) in [4.78, 5) is 1.10. The summed E-state index contributed by atoms with van der Waals surface area (Å²) in [6, 6.07) is 8.00. The smallest absolute Gasteiger partial charge is 0.133 e. The SMILES string of the molecule is Cc1cc(CSc2cccc(C)c2N)no1. The Hall–Kier alpha value is -1.42. The molecule has 0 aliphatic heterocycles. The molecule has 0 radical (unpaired) electrons. The largest absolute Gasteiger partial charge is 0.398 e. The first-order chi connectivity index (χ1) is 7.66. The van der Waals surface area contributed by atoms with Gasteiger partial charge in [-0.1, -0.05) is 17.3 Å². The van der Waals surface area contributed by atoms with Crippen molar-refractivity contribution in [1.82, 2.24) is 5.16 Å². The molecule has 2 N–H and O–H groups in total. The van der Waals surface area contributed by atoms with Crippen LogP contribution in [-0.4, -0.2) is 5.16 Å². The van der Waals surface area contributed by atoms with Crippen molar-refractivity contribution in [3.8, 4) is 0 Å². The Kier molecular flexibility index (Phi) is 3.19. The molecule has 1 aromatic heterocycles. The summed E-state index contributed by atoms with van der Waals surface area (Å²) in [5.41, 5.74) is 8.90. The number of nitrogens with two attached hydrogens (primary N) is 1. The van der Waals surface area contributed by atoms with Crippen LogP contribution in [0.1, 0.15) is 17.0 Å². The predicted octanol–water partition coefficient (Wildman–Crippen LogP) is 3.17. The average molecular weight is 234 g/mol. The van der Waals surface area contributed by atoms with Gasteiger partial charge in [0, 0.05) is 22.4 Å². The minimum Gasteiger partial charge on any atom is -0.398 e. The third-order valence-corrected chi connectivity index (χ3v) is 3.44. The minimum absolute atomic E-state index is 0.783. The first-order valence-corrected chi connectivity index (χ1v) is 6.05. The van der Waals surface area contributed by atoms with Crippen LogP contribution in [0, 0.1) is 13.8 Å². The highest BCUT2D eigenvalue weighted by Crippen LogP contribution is 2.29.